The number of nitrogens with zero attached hydrogens (tertiary/aromatic N) is 4. The molecule has 1 aliphatic heterocycles. The number of aromatic nitrogens is 5. The van der Waals surface area contributed by atoms with Crippen molar-refractivity contribution in [2.24, 2.45) is 0 Å². The lowest BCUT2D eigenvalue weighted by molar-refractivity contribution is 0.386. The molecule has 3 aromatic heterocycles. The predicted molar refractivity (Wildman–Crippen MR) is 117 cm³/mol. The molecule has 2 N–H and O–H groups in total. The number of rotatable bonds is 5. The molecule has 168 valence electrons. The Kier molecular flexibility index (Phi) is 6.24. The Balaban J connectivity index is 0.00000245. The number of benzene rings is 1. The Morgan fingerprint density at radius 2 is 2.06 bits per heavy atom. The molecular weight excluding hydrogens is 439 g/mol. The SMILES string of the molecule is COc1ccc(Cc2nnc(-c3cnn4c(C5CCNCC5)cc(=O)[nH]c34)o2)cc1F.Cl. The first-order valence-electron chi connectivity index (χ1n) is 10.1. The van der Waals surface area contributed by atoms with Crippen LogP contribution >= 0.6 is 12.4 Å². The molecule has 0 radical (unpaired) electrons. The molecule has 4 heterocycles. The minimum absolute atomic E-state index is 0. The van der Waals surface area contributed by atoms with Crippen molar-refractivity contribution in [2.75, 3.05) is 20.2 Å². The van der Waals surface area contributed by atoms with Crippen LogP contribution in [0.15, 0.2) is 39.7 Å². The normalized spacial score (nSPS) is 14.4. The second kappa shape index (κ2) is 9.09. The molecule has 9 nitrogen and oxygen atoms in total. The lowest BCUT2D eigenvalue weighted by Gasteiger charge is -2.23. The van der Waals surface area contributed by atoms with E-state index in [1.54, 1.807) is 28.9 Å². The Morgan fingerprint density at radius 3 is 2.81 bits per heavy atom. The van der Waals surface area contributed by atoms with Crippen molar-refractivity contribution in [1.82, 2.24) is 30.1 Å². The average Bonchev–Trinajstić information content (AvgIpc) is 3.40. The van der Waals surface area contributed by atoms with Crippen LogP contribution in [0.1, 0.15) is 35.9 Å². The van der Waals surface area contributed by atoms with E-state index in [-0.39, 0.29) is 41.9 Å². The zero-order valence-electron chi connectivity index (χ0n) is 17.3. The number of aromatic amines is 1. The third-order valence-corrected chi connectivity index (χ3v) is 5.56. The van der Waals surface area contributed by atoms with E-state index in [1.807, 2.05) is 0 Å². The number of fused-ring (bicyclic) bond motifs is 1. The van der Waals surface area contributed by atoms with Crippen molar-refractivity contribution < 1.29 is 13.5 Å². The van der Waals surface area contributed by atoms with Gasteiger partial charge in [-0.3, -0.25) is 4.79 Å². The molecule has 0 atom stereocenters. The highest BCUT2D eigenvalue weighted by molar-refractivity contribution is 5.85. The quantitative estimate of drug-likeness (QED) is 0.471. The first-order chi connectivity index (χ1) is 15.1. The highest BCUT2D eigenvalue weighted by atomic mass is 35.5. The zero-order chi connectivity index (χ0) is 21.4. The number of nitrogens with one attached hydrogen (secondary N) is 2. The number of hydrogen-bond acceptors (Lipinski definition) is 7. The number of hydrogen-bond donors (Lipinski definition) is 2. The Labute approximate surface area is 188 Å². The number of methoxy groups -OCH3 is 1. The maximum Gasteiger partial charge on any atom is 0.253 e. The Bertz CT molecular complexity index is 1290. The van der Waals surface area contributed by atoms with Crippen molar-refractivity contribution in [3.8, 4) is 17.2 Å². The van der Waals surface area contributed by atoms with Gasteiger partial charge >= 0.3 is 0 Å². The number of halogens is 2. The van der Waals surface area contributed by atoms with Gasteiger partial charge in [-0.15, -0.1) is 22.6 Å². The maximum absolute atomic E-state index is 13.9. The summed E-state index contributed by atoms with van der Waals surface area (Å²) in [7, 11) is 1.42. The number of ether oxygens (including phenoxy) is 1. The van der Waals surface area contributed by atoms with Gasteiger partial charge in [0.05, 0.1) is 25.4 Å². The third-order valence-electron chi connectivity index (χ3n) is 5.56. The monoisotopic (exact) mass is 460 g/mol. The van der Waals surface area contributed by atoms with E-state index in [0.717, 1.165) is 31.6 Å². The first kappa shape index (κ1) is 22.0. The molecule has 1 aliphatic rings. The number of piperidine rings is 1. The van der Waals surface area contributed by atoms with Crippen molar-refractivity contribution >= 4 is 18.1 Å². The van der Waals surface area contributed by atoms with Crippen LogP contribution in [-0.4, -0.2) is 45.0 Å². The minimum atomic E-state index is -0.453. The summed E-state index contributed by atoms with van der Waals surface area (Å²) >= 11 is 0. The molecular formula is C21H22ClFN6O3. The average molecular weight is 461 g/mol. The fourth-order valence-corrected chi connectivity index (χ4v) is 4.01. The van der Waals surface area contributed by atoms with Gasteiger partial charge in [-0.05, 0) is 43.6 Å². The Hall–Kier alpha value is -3.24. The van der Waals surface area contributed by atoms with Crippen LogP contribution < -0.4 is 15.6 Å². The summed E-state index contributed by atoms with van der Waals surface area (Å²) < 4.78 is 26.4. The van der Waals surface area contributed by atoms with Crippen LogP contribution in [0.25, 0.3) is 17.1 Å². The summed E-state index contributed by atoms with van der Waals surface area (Å²) in [5, 5.41) is 16.0. The highest BCUT2D eigenvalue weighted by Gasteiger charge is 2.22. The van der Waals surface area contributed by atoms with Gasteiger partial charge in [0.2, 0.25) is 5.89 Å². The minimum Gasteiger partial charge on any atom is -0.494 e. The van der Waals surface area contributed by atoms with Crippen molar-refractivity contribution in [3.63, 3.8) is 0 Å². The van der Waals surface area contributed by atoms with Gasteiger partial charge in [-0.25, -0.2) is 8.91 Å². The molecule has 0 saturated carbocycles. The zero-order valence-corrected chi connectivity index (χ0v) is 18.1. The van der Waals surface area contributed by atoms with Gasteiger partial charge in [0.15, 0.2) is 11.6 Å². The second-order valence-electron chi connectivity index (χ2n) is 7.55. The molecule has 32 heavy (non-hydrogen) atoms. The molecule has 0 unspecified atom stereocenters. The molecule has 0 bridgehead atoms. The van der Waals surface area contributed by atoms with E-state index in [4.69, 9.17) is 9.15 Å². The molecule has 1 saturated heterocycles. The summed E-state index contributed by atoms with van der Waals surface area (Å²) in [4.78, 5) is 15.2. The fourth-order valence-electron chi connectivity index (χ4n) is 4.01. The van der Waals surface area contributed by atoms with Gasteiger partial charge in [-0.1, -0.05) is 6.07 Å². The first-order valence-corrected chi connectivity index (χ1v) is 10.1. The maximum atomic E-state index is 13.9. The van der Waals surface area contributed by atoms with Crippen molar-refractivity contribution in [1.29, 1.82) is 0 Å². The van der Waals surface area contributed by atoms with Gasteiger partial charge in [0, 0.05) is 12.0 Å². The van der Waals surface area contributed by atoms with Gasteiger partial charge in [-0.2, -0.15) is 5.10 Å². The van der Waals surface area contributed by atoms with E-state index in [0.29, 0.717) is 22.7 Å². The standard InChI is InChI=1S/C21H21FN6O3.ClH/c1-30-17-3-2-12(8-15(17)22)9-19-26-27-21(31-19)14-11-24-28-16(10-18(29)25-20(14)28)13-4-6-23-7-5-13;/h2-3,8,10-11,13,23H,4-7,9H2,1H3,(H,25,29);1H. The van der Waals surface area contributed by atoms with Crippen LogP contribution in [0, 0.1) is 5.82 Å². The van der Waals surface area contributed by atoms with E-state index in [9.17, 15) is 9.18 Å². The summed E-state index contributed by atoms with van der Waals surface area (Å²) in [5.41, 5.74) is 2.42. The molecule has 4 aromatic rings. The molecule has 0 amide bonds. The summed E-state index contributed by atoms with van der Waals surface area (Å²) in [5.74, 6) is 0.551. The van der Waals surface area contributed by atoms with Crippen LogP contribution in [0.5, 0.6) is 5.75 Å². The Morgan fingerprint density at radius 1 is 1.25 bits per heavy atom. The van der Waals surface area contributed by atoms with Gasteiger partial charge in [0.1, 0.15) is 11.2 Å². The summed E-state index contributed by atoms with van der Waals surface area (Å²) in [6, 6.07) is 6.28. The molecule has 0 spiro atoms. The lowest BCUT2D eigenvalue weighted by Crippen LogP contribution is -2.28. The van der Waals surface area contributed by atoms with E-state index in [2.05, 4.69) is 25.6 Å². The van der Waals surface area contributed by atoms with Gasteiger partial charge < -0.3 is 19.5 Å². The molecule has 11 heteroatoms. The van der Waals surface area contributed by atoms with Crippen LogP contribution in [-0.2, 0) is 6.42 Å². The molecule has 1 fully saturated rings. The van der Waals surface area contributed by atoms with Crippen molar-refractivity contribution in [2.45, 2.75) is 25.2 Å². The second-order valence-corrected chi connectivity index (χ2v) is 7.55. The predicted octanol–water partition coefficient (Wildman–Crippen LogP) is 2.70. The van der Waals surface area contributed by atoms with E-state index >= 15 is 0 Å². The van der Waals surface area contributed by atoms with E-state index < -0.39 is 5.82 Å². The topological polar surface area (TPSA) is 110 Å². The fraction of sp³-hybridized carbons (Fsp3) is 0.333. The molecule has 5 rings (SSSR count). The summed E-state index contributed by atoms with van der Waals surface area (Å²) in [6.45, 7) is 1.82. The lowest BCUT2D eigenvalue weighted by atomic mass is 9.94. The van der Waals surface area contributed by atoms with Crippen LogP contribution in [0.2, 0.25) is 0 Å². The van der Waals surface area contributed by atoms with Crippen molar-refractivity contribution in [3.05, 3.63) is 63.8 Å². The highest BCUT2D eigenvalue weighted by Crippen LogP contribution is 2.28. The molecule has 1 aromatic carbocycles. The van der Waals surface area contributed by atoms with Gasteiger partial charge in [0.25, 0.3) is 11.4 Å². The third kappa shape index (κ3) is 4.11. The smallest absolute Gasteiger partial charge is 0.253 e. The summed E-state index contributed by atoms with van der Waals surface area (Å²) in [6.07, 6.45) is 3.76. The van der Waals surface area contributed by atoms with E-state index in [1.165, 1.54) is 13.2 Å². The van der Waals surface area contributed by atoms with Crippen LogP contribution in [0.3, 0.4) is 0 Å². The van der Waals surface area contributed by atoms with Crippen LogP contribution in [0.4, 0.5) is 4.39 Å². The number of H-pyrrole nitrogens is 1. The molecule has 0 aliphatic carbocycles. The largest absolute Gasteiger partial charge is 0.494 e.